The van der Waals surface area contributed by atoms with Crippen LogP contribution in [0.3, 0.4) is 0 Å². The predicted octanol–water partition coefficient (Wildman–Crippen LogP) is 3.38. The summed E-state index contributed by atoms with van der Waals surface area (Å²) in [4.78, 5) is 17.3. The van der Waals surface area contributed by atoms with Crippen LogP contribution in [0.15, 0.2) is 42.7 Å². The van der Waals surface area contributed by atoms with Crippen LogP contribution >= 0.6 is 0 Å². The van der Waals surface area contributed by atoms with E-state index in [1.807, 2.05) is 34.9 Å². The Morgan fingerprint density at radius 2 is 1.80 bits per heavy atom. The molecule has 2 heterocycles. The highest BCUT2D eigenvalue weighted by atomic mass is 16.5. The van der Waals surface area contributed by atoms with Crippen LogP contribution in [0.5, 0.6) is 23.0 Å². The SMILES string of the molecule is COc1ccc(-n2cnc3c2NC(=O)C[C@@H]3c2cccc(OC)c2OC)c(OC)c1. The van der Waals surface area contributed by atoms with Gasteiger partial charge in [-0.3, -0.25) is 9.36 Å². The molecule has 0 fully saturated rings. The Morgan fingerprint density at radius 1 is 1.00 bits per heavy atom. The first-order valence-electron chi connectivity index (χ1n) is 9.41. The molecule has 1 aromatic heterocycles. The van der Waals surface area contributed by atoms with Gasteiger partial charge in [0.1, 0.15) is 23.6 Å². The monoisotopic (exact) mass is 409 g/mol. The number of imidazole rings is 1. The number of ether oxygens (including phenoxy) is 4. The molecule has 1 aliphatic heterocycles. The summed E-state index contributed by atoms with van der Waals surface area (Å²) in [7, 11) is 6.36. The van der Waals surface area contributed by atoms with Crippen LogP contribution < -0.4 is 24.3 Å². The van der Waals surface area contributed by atoms with Gasteiger partial charge in [0.2, 0.25) is 5.91 Å². The summed E-state index contributed by atoms with van der Waals surface area (Å²) < 4.78 is 23.6. The number of amides is 1. The van der Waals surface area contributed by atoms with Crippen molar-refractivity contribution in [2.75, 3.05) is 33.8 Å². The number of benzene rings is 2. The molecule has 30 heavy (non-hydrogen) atoms. The van der Waals surface area contributed by atoms with Gasteiger partial charge in [-0.25, -0.2) is 4.98 Å². The zero-order valence-electron chi connectivity index (χ0n) is 17.3. The van der Waals surface area contributed by atoms with Gasteiger partial charge in [-0.2, -0.15) is 0 Å². The number of anilines is 1. The van der Waals surface area contributed by atoms with Crippen LogP contribution in [0.1, 0.15) is 23.6 Å². The zero-order chi connectivity index (χ0) is 21.3. The second kappa shape index (κ2) is 7.98. The van der Waals surface area contributed by atoms with Crippen molar-refractivity contribution in [1.29, 1.82) is 0 Å². The number of nitrogens with zero attached hydrogens (tertiary/aromatic N) is 2. The fourth-order valence-electron chi connectivity index (χ4n) is 3.82. The minimum Gasteiger partial charge on any atom is -0.497 e. The fourth-order valence-corrected chi connectivity index (χ4v) is 3.82. The molecule has 1 aliphatic rings. The molecule has 0 radical (unpaired) electrons. The van der Waals surface area contributed by atoms with Gasteiger partial charge in [0.25, 0.3) is 0 Å². The Morgan fingerprint density at radius 3 is 2.50 bits per heavy atom. The van der Waals surface area contributed by atoms with Crippen molar-refractivity contribution in [3.63, 3.8) is 0 Å². The van der Waals surface area contributed by atoms with E-state index in [2.05, 4.69) is 10.3 Å². The number of nitrogens with one attached hydrogen (secondary N) is 1. The Labute approximate surface area is 174 Å². The lowest BCUT2D eigenvalue weighted by Gasteiger charge is -2.25. The van der Waals surface area contributed by atoms with Crippen molar-refractivity contribution >= 4 is 11.7 Å². The van der Waals surface area contributed by atoms with Crippen molar-refractivity contribution in [3.8, 4) is 28.7 Å². The molecule has 4 rings (SSSR count). The van der Waals surface area contributed by atoms with Gasteiger partial charge in [-0.05, 0) is 18.2 Å². The minimum absolute atomic E-state index is 0.105. The second-order valence-corrected chi connectivity index (χ2v) is 6.77. The second-order valence-electron chi connectivity index (χ2n) is 6.77. The van der Waals surface area contributed by atoms with Crippen LogP contribution in [0.4, 0.5) is 5.82 Å². The third kappa shape index (κ3) is 3.20. The largest absolute Gasteiger partial charge is 0.497 e. The van der Waals surface area contributed by atoms with Crippen LogP contribution in [0.25, 0.3) is 5.69 Å². The van der Waals surface area contributed by atoms with E-state index in [9.17, 15) is 4.79 Å². The highest BCUT2D eigenvalue weighted by molar-refractivity contribution is 5.94. The van der Waals surface area contributed by atoms with Gasteiger partial charge in [0, 0.05) is 24.0 Å². The summed E-state index contributed by atoms with van der Waals surface area (Å²) in [5, 5.41) is 2.96. The van der Waals surface area contributed by atoms with Crippen LogP contribution in [-0.2, 0) is 4.79 Å². The first-order valence-corrected chi connectivity index (χ1v) is 9.41. The van der Waals surface area contributed by atoms with Gasteiger partial charge in [-0.1, -0.05) is 12.1 Å². The quantitative estimate of drug-likeness (QED) is 0.672. The topological polar surface area (TPSA) is 83.8 Å². The van der Waals surface area contributed by atoms with Crippen LogP contribution in [0.2, 0.25) is 0 Å². The summed E-state index contributed by atoms with van der Waals surface area (Å²) in [6.07, 6.45) is 1.94. The Kier molecular flexibility index (Phi) is 5.22. The lowest BCUT2D eigenvalue weighted by Crippen LogP contribution is -2.25. The average Bonchev–Trinajstić information content (AvgIpc) is 3.20. The third-order valence-corrected chi connectivity index (χ3v) is 5.23. The maximum Gasteiger partial charge on any atom is 0.226 e. The number of para-hydroxylation sites is 1. The number of carbonyl (C=O) groups excluding carboxylic acids is 1. The maximum absolute atomic E-state index is 12.6. The molecule has 1 N–H and O–H groups in total. The molecule has 3 aromatic rings. The molecule has 156 valence electrons. The Bertz CT molecular complexity index is 1090. The smallest absolute Gasteiger partial charge is 0.226 e. The lowest BCUT2D eigenvalue weighted by atomic mass is 9.89. The first-order chi connectivity index (χ1) is 14.6. The van der Waals surface area contributed by atoms with Gasteiger partial charge >= 0.3 is 0 Å². The van der Waals surface area contributed by atoms with Crippen molar-refractivity contribution in [2.45, 2.75) is 12.3 Å². The van der Waals surface area contributed by atoms with E-state index in [1.54, 1.807) is 40.8 Å². The van der Waals surface area contributed by atoms with Gasteiger partial charge in [0.15, 0.2) is 11.5 Å². The van der Waals surface area contributed by atoms with E-state index in [0.29, 0.717) is 28.8 Å². The number of hydrogen-bond donors (Lipinski definition) is 1. The molecule has 8 nitrogen and oxygen atoms in total. The van der Waals surface area contributed by atoms with Crippen molar-refractivity contribution in [3.05, 3.63) is 54.0 Å². The molecule has 1 amide bonds. The Hall–Kier alpha value is -3.68. The van der Waals surface area contributed by atoms with Crippen molar-refractivity contribution < 1.29 is 23.7 Å². The summed E-state index contributed by atoms with van der Waals surface area (Å²) in [6.45, 7) is 0. The molecule has 2 aromatic carbocycles. The molecule has 1 atom stereocenters. The standard InChI is InChI=1S/C22H23N3O5/c1-27-13-8-9-16(18(10-13)29-3)25-12-23-20-15(11-19(26)24-22(20)25)14-6-5-7-17(28-2)21(14)30-4/h5-10,12,15H,11H2,1-4H3,(H,24,26)/t15-/m1/s1. The number of aromatic nitrogens is 2. The zero-order valence-corrected chi connectivity index (χ0v) is 17.3. The molecule has 0 spiro atoms. The molecule has 0 aliphatic carbocycles. The van der Waals surface area contributed by atoms with E-state index >= 15 is 0 Å². The number of hydrogen-bond acceptors (Lipinski definition) is 6. The van der Waals surface area contributed by atoms with E-state index < -0.39 is 0 Å². The summed E-state index contributed by atoms with van der Waals surface area (Å²) >= 11 is 0. The van der Waals surface area contributed by atoms with Gasteiger partial charge < -0.3 is 24.3 Å². The molecule has 0 bridgehead atoms. The number of methoxy groups -OCH3 is 4. The fraction of sp³-hybridized carbons (Fsp3) is 0.273. The normalized spacial score (nSPS) is 15.2. The van der Waals surface area contributed by atoms with E-state index in [-0.39, 0.29) is 18.2 Å². The number of fused-ring (bicyclic) bond motifs is 1. The molecule has 0 unspecified atom stereocenters. The molecule has 0 saturated carbocycles. The molecular formula is C22H23N3O5. The van der Waals surface area contributed by atoms with Crippen LogP contribution in [-0.4, -0.2) is 43.9 Å². The van der Waals surface area contributed by atoms with Gasteiger partial charge in [-0.15, -0.1) is 0 Å². The third-order valence-electron chi connectivity index (χ3n) is 5.23. The van der Waals surface area contributed by atoms with Crippen LogP contribution in [0, 0.1) is 0 Å². The molecular weight excluding hydrogens is 386 g/mol. The average molecular weight is 409 g/mol. The first kappa shape index (κ1) is 19.6. The van der Waals surface area contributed by atoms with E-state index in [4.69, 9.17) is 18.9 Å². The molecule has 8 heteroatoms. The summed E-state index contributed by atoms with van der Waals surface area (Å²) in [5.74, 6) is 2.71. The number of carbonyl (C=O) groups is 1. The van der Waals surface area contributed by atoms with E-state index in [0.717, 1.165) is 16.9 Å². The molecule has 0 saturated heterocycles. The lowest BCUT2D eigenvalue weighted by molar-refractivity contribution is -0.116. The summed E-state index contributed by atoms with van der Waals surface area (Å²) in [6, 6.07) is 11.1. The predicted molar refractivity (Wildman–Crippen MR) is 111 cm³/mol. The Balaban J connectivity index is 1.85. The highest BCUT2D eigenvalue weighted by Crippen LogP contribution is 2.44. The van der Waals surface area contributed by atoms with Gasteiger partial charge in [0.05, 0.1) is 39.8 Å². The van der Waals surface area contributed by atoms with Crippen molar-refractivity contribution in [2.24, 2.45) is 0 Å². The minimum atomic E-state index is -0.274. The van der Waals surface area contributed by atoms with E-state index in [1.165, 1.54) is 0 Å². The number of rotatable bonds is 6. The maximum atomic E-state index is 12.6. The highest BCUT2D eigenvalue weighted by Gasteiger charge is 2.33. The van der Waals surface area contributed by atoms with Crippen molar-refractivity contribution in [1.82, 2.24) is 9.55 Å². The summed E-state index contributed by atoms with van der Waals surface area (Å²) in [5.41, 5.74) is 2.34.